The van der Waals surface area contributed by atoms with E-state index in [1.165, 1.54) is 18.2 Å². The lowest BCUT2D eigenvalue weighted by Gasteiger charge is -2.21. The number of nitrogens with zero attached hydrogens (tertiary/aromatic N) is 1. The molecule has 3 aromatic rings. The molecule has 162 valence electrons. The number of alkyl halides is 3. The number of aromatic nitrogens is 2. The second kappa shape index (κ2) is 8.46. The molecule has 0 bridgehead atoms. The molecule has 0 aliphatic carbocycles. The zero-order valence-corrected chi connectivity index (χ0v) is 15.6. The zero-order chi connectivity index (χ0) is 22.8. The number of carboxylic acids is 1. The number of benzene rings is 2. The summed E-state index contributed by atoms with van der Waals surface area (Å²) in [5.41, 5.74) is -2.28. The van der Waals surface area contributed by atoms with Gasteiger partial charge in [0, 0.05) is 6.07 Å². The standard InChI is InChI=1S/C20H15F4N3O4/c21-11-5-7-12(8-6-11)27-17(28)9-16(26-27)19(31)25-15(10-18(29)30)13-3-1-2-4-14(13)20(22,23)24/h1-9,15,26H,10H2,(H,25,31)(H,29,30)/t15-/m0/s1. The van der Waals surface area contributed by atoms with Gasteiger partial charge in [-0.1, -0.05) is 18.2 Å². The van der Waals surface area contributed by atoms with Crippen LogP contribution in [0, 0.1) is 5.82 Å². The first-order valence-corrected chi connectivity index (χ1v) is 8.83. The lowest BCUT2D eigenvalue weighted by Crippen LogP contribution is -2.32. The lowest BCUT2D eigenvalue weighted by molar-refractivity contribution is -0.140. The third kappa shape index (κ3) is 5.00. The monoisotopic (exact) mass is 437 g/mol. The highest BCUT2D eigenvalue weighted by Crippen LogP contribution is 2.35. The predicted molar refractivity (Wildman–Crippen MR) is 100 cm³/mol. The van der Waals surface area contributed by atoms with E-state index < -0.39 is 53.0 Å². The van der Waals surface area contributed by atoms with Crippen LogP contribution < -0.4 is 10.9 Å². The molecule has 0 unspecified atom stereocenters. The van der Waals surface area contributed by atoms with E-state index in [1.54, 1.807) is 0 Å². The minimum absolute atomic E-state index is 0.218. The van der Waals surface area contributed by atoms with Crippen molar-refractivity contribution in [1.29, 1.82) is 0 Å². The fourth-order valence-electron chi connectivity index (χ4n) is 3.00. The first-order chi connectivity index (χ1) is 14.6. The van der Waals surface area contributed by atoms with E-state index in [0.717, 1.165) is 41.1 Å². The molecule has 3 N–H and O–H groups in total. The SMILES string of the molecule is O=C(O)C[C@H](NC(=O)c1cc(=O)n(-c2ccc(F)cc2)[nH]1)c1ccccc1C(F)(F)F. The van der Waals surface area contributed by atoms with E-state index in [0.29, 0.717) is 0 Å². The van der Waals surface area contributed by atoms with Crippen molar-refractivity contribution >= 4 is 11.9 Å². The number of carbonyl (C=O) groups is 2. The highest BCUT2D eigenvalue weighted by Gasteiger charge is 2.36. The Labute approximate surface area is 171 Å². The van der Waals surface area contributed by atoms with Crippen molar-refractivity contribution in [3.05, 3.63) is 87.6 Å². The highest BCUT2D eigenvalue weighted by atomic mass is 19.4. The van der Waals surface area contributed by atoms with Crippen molar-refractivity contribution in [2.75, 3.05) is 0 Å². The molecule has 2 aromatic carbocycles. The minimum Gasteiger partial charge on any atom is -0.481 e. The van der Waals surface area contributed by atoms with Crippen molar-refractivity contribution in [1.82, 2.24) is 15.1 Å². The quantitative estimate of drug-likeness (QED) is 0.515. The Morgan fingerprint density at radius 2 is 1.74 bits per heavy atom. The Bertz CT molecular complexity index is 1170. The Morgan fingerprint density at radius 3 is 2.35 bits per heavy atom. The second-order valence-corrected chi connectivity index (χ2v) is 6.53. The first-order valence-electron chi connectivity index (χ1n) is 8.83. The molecule has 0 aliphatic heterocycles. The smallest absolute Gasteiger partial charge is 0.416 e. The summed E-state index contributed by atoms with van der Waals surface area (Å²) in [6, 6.07) is 8.42. The number of hydrogen-bond donors (Lipinski definition) is 3. The number of aromatic amines is 1. The lowest BCUT2D eigenvalue weighted by atomic mass is 9.97. The largest absolute Gasteiger partial charge is 0.481 e. The van der Waals surface area contributed by atoms with Crippen LogP contribution in [0.5, 0.6) is 0 Å². The maximum Gasteiger partial charge on any atom is 0.416 e. The predicted octanol–water partition coefficient (Wildman–Crippen LogP) is 3.27. The van der Waals surface area contributed by atoms with Crippen LogP contribution in [0.4, 0.5) is 17.6 Å². The van der Waals surface area contributed by atoms with Crippen molar-refractivity contribution in [2.45, 2.75) is 18.6 Å². The maximum absolute atomic E-state index is 13.3. The molecule has 1 heterocycles. The first kappa shape index (κ1) is 21.8. The Kier molecular flexibility index (Phi) is 5.95. The number of hydrogen-bond acceptors (Lipinski definition) is 3. The third-order valence-corrected chi connectivity index (χ3v) is 4.38. The van der Waals surface area contributed by atoms with Crippen LogP contribution in [-0.2, 0) is 11.0 Å². The van der Waals surface area contributed by atoms with Crippen LogP contribution in [0.15, 0.2) is 59.4 Å². The van der Waals surface area contributed by atoms with Crippen LogP contribution in [0.3, 0.4) is 0 Å². The fourth-order valence-corrected chi connectivity index (χ4v) is 3.00. The van der Waals surface area contributed by atoms with E-state index in [2.05, 4.69) is 10.4 Å². The number of H-pyrrole nitrogens is 1. The van der Waals surface area contributed by atoms with Crippen LogP contribution in [0.25, 0.3) is 5.69 Å². The van der Waals surface area contributed by atoms with Crippen LogP contribution in [-0.4, -0.2) is 26.8 Å². The molecule has 0 saturated carbocycles. The van der Waals surface area contributed by atoms with E-state index in [9.17, 15) is 31.9 Å². The minimum atomic E-state index is -4.77. The van der Waals surface area contributed by atoms with Gasteiger partial charge in [-0.05, 0) is 35.9 Å². The molecular formula is C20H15F4N3O4. The van der Waals surface area contributed by atoms with Crippen molar-refractivity contribution in [3.8, 4) is 5.69 Å². The number of nitrogens with one attached hydrogen (secondary N) is 2. The number of carboxylic acid groups (broad SMARTS) is 1. The van der Waals surface area contributed by atoms with E-state index >= 15 is 0 Å². The van der Waals surface area contributed by atoms with Gasteiger partial charge < -0.3 is 10.4 Å². The molecule has 0 aliphatic rings. The van der Waals surface area contributed by atoms with Gasteiger partial charge in [-0.15, -0.1) is 0 Å². The van der Waals surface area contributed by atoms with Crippen molar-refractivity contribution in [2.24, 2.45) is 0 Å². The average Bonchev–Trinajstić information content (AvgIpc) is 3.09. The van der Waals surface area contributed by atoms with E-state index in [-0.39, 0.29) is 11.4 Å². The normalized spacial score (nSPS) is 12.4. The van der Waals surface area contributed by atoms with Gasteiger partial charge in [-0.3, -0.25) is 19.5 Å². The Hall–Kier alpha value is -3.89. The number of carbonyl (C=O) groups excluding carboxylic acids is 1. The molecule has 3 rings (SSSR count). The van der Waals surface area contributed by atoms with Gasteiger partial charge >= 0.3 is 12.1 Å². The molecular weight excluding hydrogens is 422 g/mol. The second-order valence-electron chi connectivity index (χ2n) is 6.53. The summed E-state index contributed by atoms with van der Waals surface area (Å²) in [5.74, 6) is -2.96. The fraction of sp³-hybridized carbons (Fsp3) is 0.150. The molecule has 0 fully saturated rings. The van der Waals surface area contributed by atoms with Gasteiger partial charge in [0.2, 0.25) is 0 Å². The van der Waals surface area contributed by atoms with Crippen LogP contribution in [0.2, 0.25) is 0 Å². The van der Waals surface area contributed by atoms with Crippen molar-refractivity contribution < 1.29 is 32.3 Å². The molecule has 11 heteroatoms. The Morgan fingerprint density at radius 1 is 1.10 bits per heavy atom. The molecule has 31 heavy (non-hydrogen) atoms. The molecule has 1 aromatic heterocycles. The number of aliphatic carboxylic acids is 1. The molecule has 0 radical (unpaired) electrons. The Balaban J connectivity index is 1.93. The van der Waals surface area contributed by atoms with Gasteiger partial charge in [0.25, 0.3) is 11.5 Å². The van der Waals surface area contributed by atoms with Gasteiger partial charge in [0.1, 0.15) is 11.5 Å². The number of halogens is 4. The van der Waals surface area contributed by atoms with Crippen LogP contribution >= 0.6 is 0 Å². The summed E-state index contributed by atoms with van der Waals surface area (Å²) >= 11 is 0. The van der Waals surface area contributed by atoms with Crippen molar-refractivity contribution in [3.63, 3.8) is 0 Å². The van der Waals surface area contributed by atoms with Gasteiger partial charge in [0.15, 0.2) is 0 Å². The molecule has 1 amide bonds. The summed E-state index contributed by atoms with van der Waals surface area (Å²) in [4.78, 5) is 36.0. The highest BCUT2D eigenvalue weighted by molar-refractivity contribution is 5.92. The summed E-state index contributed by atoms with van der Waals surface area (Å²) in [6.07, 6.45) is -5.58. The van der Waals surface area contributed by atoms with E-state index in [4.69, 9.17) is 5.11 Å². The van der Waals surface area contributed by atoms with Gasteiger partial charge in [-0.25, -0.2) is 9.07 Å². The summed E-state index contributed by atoms with van der Waals surface area (Å²) < 4.78 is 54.0. The molecule has 1 atom stereocenters. The maximum atomic E-state index is 13.3. The van der Waals surface area contributed by atoms with Gasteiger partial charge in [0.05, 0.1) is 23.7 Å². The summed E-state index contributed by atoms with van der Waals surface area (Å²) in [5, 5.41) is 13.8. The van der Waals surface area contributed by atoms with E-state index in [1.807, 2.05) is 0 Å². The third-order valence-electron chi connectivity index (χ3n) is 4.38. The number of amides is 1. The van der Waals surface area contributed by atoms with Gasteiger partial charge in [-0.2, -0.15) is 13.2 Å². The molecule has 0 spiro atoms. The van der Waals surface area contributed by atoms with Crippen LogP contribution in [0.1, 0.15) is 34.1 Å². The molecule has 7 nitrogen and oxygen atoms in total. The molecule has 0 saturated heterocycles. The topological polar surface area (TPSA) is 104 Å². The number of rotatable bonds is 6. The summed E-state index contributed by atoms with van der Waals surface area (Å²) in [7, 11) is 0. The average molecular weight is 437 g/mol. The zero-order valence-electron chi connectivity index (χ0n) is 15.6. The summed E-state index contributed by atoms with van der Waals surface area (Å²) in [6.45, 7) is 0.